The quantitative estimate of drug-likeness (QED) is 0.0744. The largest absolute Gasteiger partial charge is 0.335 e. The Labute approximate surface area is 324 Å². The molecule has 7 N–H and O–H groups in total. The maximum atomic E-state index is 14.4. The van der Waals surface area contributed by atoms with E-state index in [1.165, 1.54) is 11.1 Å². The van der Waals surface area contributed by atoms with Crippen LogP contribution in [0.3, 0.4) is 0 Å². The number of rotatable bonds is 22. The maximum Gasteiger partial charge on any atom is 0.246 e. The van der Waals surface area contributed by atoms with E-state index in [0.29, 0.717) is 32.1 Å². The highest BCUT2D eigenvalue weighted by Gasteiger charge is 2.45. The molecule has 2 saturated heterocycles. The van der Waals surface area contributed by atoms with Gasteiger partial charge in [-0.1, -0.05) is 111 Å². The van der Waals surface area contributed by atoms with Gasteiger partial charge >= 0.3 is 0 Å². The van der Waals surface area contributed by atoms with E-state index in [-0.39, 0.29) is 48.1 Å². The minimum Gasteiger partial charge on any atom is -0.335 e. The summed E-state index contributed by atoms with van der Waals surface area (Å²) < 4.78 is 0. The molecule has 3 aromatic carbocycles. The van der Waals surface area contributed by atoms with Crippen molar-refractivity contribution < 1.29 is 9.59 Å². The fourth-order valence-corrected chi connectivity index (χ4v) is 8.09. The molecule has 0 aliphatic carbocycles. The van der Waals surface area contributed by atoms with Gasteiger partial charge in [0.1, 0.15) is 0 Å². The van der Waals surface area contributed by atoms with Crippen LogP contribution in [0.25, 0.3) is 6.08 Å². The van der Waals surface area contributed by atoms with Crippen LogP contribution in [0.2, 0.25) is 0 Å². The fourth-order valence-electron chi connectivity index (χ4n) is 8.09. The topological polar surface area (TPSA) is 129 Å². The number of benzene rings is 3. The van der Waals surface area contributed by atoms with Gasteiger partial charge in [-0.2, -0.15) is 0 Å². The van der Waals surface area contributed by atoms with Crippen molar-refractivity contribution in [3.8, 4) is 0 Å². The van der Waals surface area contributed by atoms with Crippen LogP contribution in [0.4, 0.5) is 0 Å². The number of nitrogens with zero attached hydrogens (tertiary/aromatic N) is 2. The van der Waals surface area contributed by atoms with Gasteiger partial charge in [-0.15, -0.1) is 0 Å². The van der Waals surface area contributed by atoms with E-state index in [2.05, 4.69) is 89.3 Å². The van der Waals surface area contributed by atoms with E-state index in [0.717, 1.165) is 70.0 Å². The number of carbonyl (C=O) groups is 2. The summed E-state index contributed by atoms with van der Waals surface area (Å²) in [5.74, 6) is 0.681. The number of carbonyl (C=O) groups excluding carboxylic acids is 2. The molecule has 2 heterocycles. The molecule has 54 heavy (non-hydrogen) atoms. The van der Waals surface area contributed by atoms with Gasteiger partial charge < -0.3 is 37.2 Å². The van der Waals surface area contributed by atoms with Gasteiger partial charge in [0.15, 0.2) is 0 Å². The monoisotopic (exact) mass is 736 g/mol. The predicted octanol–water partition coefficient (Wildman–Crippen LogP) is 4.76. The van der Waals surface area contributed by atoms with E-state index in [9.17, 15) is 9.59 Å². The van der Waals surface area contributed by atoms with Gasteiger partial charge in [-0.05, 0) is 80.2 Å². The Hall–Kier alpha value is -3.86. The second-order valence-electron chi connectivity index (χ2n) is 15.8. The third-order valence-corrected chi connectivity index (χ3v) is 10.9. The van der Waals surface area contributed by atoms with Crippen LogP contribution in [0, 0.1) is 5.92 Å². The first-order valence-corrected chi connectivity index (χ1v) is 20.4. The van der Waals surface area contributed by atoms with Gasteiger partial charge in [0, 0.05) is 69.0 Å². The second kappa shape index (κ2) is 21.9. The Bertz CT molecular complexity index is 1540. The molecular weight excluding hydrogens is 671 g/mol. The van der Waals surface area contributed by atoms with Crippen molar-refractivity contribution in [3.63, 3.8) is 0 Å². The van der Waals surface area contributed by atoms with E-state index in [1.807, 2.05) is 47.4 Å². The number of hydrogen-bond donors (Lipinski definition) is 5. The van der Waals surface area contributed by atoms with E-state index in [1.54, 1.807) is 6.08 Å². The second-order valence-corrected chi connectivity index (χ2v) is 15.8. The van der Waals surface area contributed by atoms with Gasteiger partial charge in [0.05, 0.1) is 6.04 Å². The molecule has 2 unspecified atom stereocenters. The zero-order valence-electron chi connectivity index (χ0n) is 32.6. The molecule has 3 aromatic rings. The molecule has 2 aliphatic rings. The highest BCUT2D eigenvalue weighted by molar-refractivity contribution is 5.92. The average Bonchev–Trinajstić information content (AvgIpc) is 3.45. The Morgan fingerprint density at radius 1 is 0.759 bits per heavy atom. The number of hydrogen-bond acceptors (Lipinski definition) is 7. The number of nitrogens with one attached hydrogen (secondary N) is 3. The van der Waals surface area contributed by atoms with Crippen LogP contribution < -0.4 is 27.4 Å². The lowest BCUT2D eigenvalue weighted by molar-refractivity contribution is -0.143. The predicted molar refractivity (Wildman–Crippen MR) is 222 cm³/mol. The van der Waals surface area contributed by atoms with Crippen molar-refractivity contribution in [2.45, 2.75) is 101 Å². The van der Waals surface area contributed by atoms with Crippen LogP contribution in [0.1, 0.15) is 69.1 Å². The lowest BCUT2D eigenvalue weighted by Crippen LogP contribution is -2.61. The minimum atomic E-state index is -0.287. The van der Waals surface area contributed by atoms with Gasteiger partial charge in [0.25, 0.3) is 0 Å². The van der Waals surface area contributed by atoms with E-state index >= 15 is 0 Å². The molecule has 2 fully saturated rings. The number of unbranched alkanes of at least 4 members (excludes halogenated alkanes) is 1. The minimum absolute atomic E-state index is 0.0140. The molecule has 2 bridgehead atoms. The normalized spacial score (nSPS) is 19.3. The molecule has 0 radical (unpaired) electrons. The Morgan fingerprint density at radius 3 is 1.94 bits per heavy atom. The molecule has 9 nitrogen and oxygen atoms in total. The first-order chi connectivity index (χ1) is 26.3. The van der Waals surface area contributed by atoms with Crippen molar-refractivity contribution in [1.82, 2.24) is 25.8 Å². The molecule has 0 aromatic heterocycles. The number of nitrogens with two attached hydrogens (primary N) is 2. The van der Waals surface area contributed by atoms with Crippen molar-refractivity contribution >= 4 is 17.9 Å². The number of amides is 2. The molecule has 2 aliphatic heterocycles. The first-order valence-electron chi connectivity index (χ1n) is 20.4. The first kappa shape index (κ1) is 41.3. The summed E-state index contributed by atoms with van der Waals surface area (Å²) in [5.41, 5.74) is 16.1. The highest BCUT2D eigenvalue weighted by atomic mass is 16.2. The number of likely N-dealkylation sites (tertiary alicyclic amines) is 1. The summed E-state index contributed by atoms with van der Waals surface area (Å²) >= 11 is 0. The summed E-state index contributed by atoms with van der Waals surface area (Å²) in [6.45, 7) is 8.51. The molecule has 0 spiro atoms. The SMILES string of the molecule is CC(C)C[C@H](CN[C@H](CCCCN)C(=O)N1C2CCC1CN(C(=O)C=Cc1ccccc1)C2)NC[C@@H](Cc1ccccc1)NC[C@H](N)Cc1ccccc1. The fraction of sp³-hybridized carbons (Fsp3) is 0.511. The van der Waals surface area contributed by atoms with Gasteiger partial charge in [-0.25, -0.2) is 0 Å². The summed E-state index contributed by atoms with van der Waals surface area (Å²) in [6, 6.07) is 31.2. The van der Waals surface area contributed by atoms with Crippen LogP contribution in [0.15, 0.2) is 97.1 Å². The summed E-state index contributed by atoms with van der Waals surface area (Å²) in [6.07, 6.45) is 10.7. The third kappa shape index (κ3) is 13.2. The zero-order valence-corrected chi connectivity index (χ0v) is 32.6. The third-order valence-electron chi connectivity index (χ3n) is 10.9. The average molecular weight is 736 g/mol. The summed E-state index contributed by atoms with van der Waals surface area (Å²) in [4.78, 5) is 31.6. The van der Waals surface area contributed by atoms with Crippen LogP contribution in [0.5, 0.6) is 0 Å². The van der Waals surface area contributed by atoms with E-state index in [4.69, 9.17) is 11.5 Å². The van der Waals surface area contributed by atoms with Crippen LogP contribution in [-0.2, 0) is 22.4 Å². The molecule has 5 rings (SSSR count). The zero-order chi connectivity index (χ0) is 38.1. The van der Waals surface area contributed by atoms with Crippen LogP contribution in [-0.4, -0.2) is 97.1 Å². The molecule has 2 amide bonds. The summed E-state index contributed by atoms with van der Waals surface area (Å²) in [5, 5.41) is 11.4. The molecule has 0 saturated carbocycles. The maximum absolute atomic E-state index is 14.4. The van der Waals surface area contributed by atoms with E-state index < -0.39 is 0 Å². The van der Waals surface area contributed by atoms with Gasteiger partial charge in [-0.3, -0.25) is 9.59 Å². The Balaban J connectivity index is 1.20. The van der Waals surface area contributed by atoms with Crippen LogP contribution >= 0.6 is 0 Å². The Morgan fingerprint density at radius 2 is 1.33 bits per heavy atom. The number of piperazine rings is 1. The van der Waals surface area contributed by atoms with Gasteiger partial charge in [0.2, 0.25) is 11.8 Å². The Kier molecular flexibility index (Phi) is 16.7. The molecule has 9 heteroatoms. The molecule has 292 valence electrons. The molecule has 6 atom stereocenters. The smallest absolute Gasteiger partial charge is 0.246 e. The lowest BCUT2D eigenvalue weighted by atomic mass is 10.0. The molecular formula is C45H65N7O2. The van der Waals surface area contributed by atoms with Crippen molar-refractivity contribution in [2.75, 3.05) is 39.3 Å². The van der Waals surface area contributed by atoms with Crippen molar-refractivity contribution in [1.29, 1.82) is 0 Å². The number of fused-ring (bicyclic) bond motifs is 2. The van der Waals surface area contributed by atoms with Crippen molar-refractivity contribution in [3.05, 3.63) is 114 Å². The standard InChI is InChI=1S/C45H65N7O2/c1-34(2)26-39(49-30-40(28-37-18-10-5-11-19-37)48-29-38(47)27-36-16-8-4-9-17-36)31-50-43(20-12-13-25-46)45(54)52-41-22-23-42(52)33-51(32-41)44(53)24-21-35-14-6-3-7-15-35/h3-11,14-19,21,24,34,38-43,48-50H,12-13,20,22-23,25-33,46-47H2,1-2H3/t38-,39-,40-,41?,42?,43-/m1/s1. The lowest BCUT2D eigenvalue weighted by Gasteiger charge is -2.42. The summed E-state index contributed by atoms with van der Waals surface area (Å²) in [7, 11) is 0. The van der Waals surface area contributed by atoms with Crippen molar-refractivity contribution in [2.24, 2.45) is 17.4 Å². The highest BCUT2D eigenvalue weighted by Crippen LogP contribution is 2.31.